The van der Waals surface area contributed by atoms with E-state index in [0.29, 0.717) is 4.47 Å². The molecule has 6 heteroatoms. The first kappa shape index (κ1) is 20.9. The van der Waals surface area contributed by atoms with Gasteiger partial charge in [0.2, 0.25) is 0 Å². The Morgan fingerprint density at radius 2 is 1.65 bits per heavy atom. The lowest BCUT2D eigenvalue weighted by Crippen LogP contribution is -2.26. The average molecular weight is 478 g/mol. The largest absolute Gasteiger partial charge is 0.478 e. The second-order valence-electron chi connectivity index (χ2n) is 7.19. The van der Waals surface area contributed by atoms with Gasteiger partial charge in [0, 0.05) is 16.9 Å². The molecular formula is C25H20BrNO4. The number of aromatic carboxylic acids is 1. The topological polar surface area (TPSA) is 75.6 Å². The number of alkyl carbamates (subject to hydrolysis) is 1. The zero-order chi connectivity index (χ0) is 21.8. The molecule has 1 amide bonds. The fraction of sp³-hybridized carbons (Fsp3) is 0.120. The van der Waals surface area contributed by atoms with Crippen LogP contribution in [0.3, 0.4) is 0 Å². The van der Waals surface area contributed by atoms with Crippen molar-refractivity contribution < 1.29 is 19.4 Å². The minimum Gasteiger partial charge on any atom is -0.478 e. The minimum atomic E-state index is -0.993. The Labute approximate surface area is 188 Å². The maximum Gasteiger partial charge on any atom is 0.407 e. The lowest BCUT2D eigenvalue weighted by Gasteiger charge is -2.14. The van der Waals surface area contributed by atoms with Gasteiger partial charge in [-0.2, -0.15) is 0 Å². The maximum atomic E-state index is 12.2. The summed E-state index contributed by atoms with van der Waals surface area (Å²) in [6, 6.07) is 21.3. The number of carboxylic acids is 1. The van der Waals surface area contributed by atoms with Gasteiger partial charge in [-0.05, 0) is 46.0 Å². The Morgan fingerprint density at radius 3 is 2.29 bits per heavy atom. The number of fused-ring (bicyclic) bond motifs is 3. The molecule has 0 heterocycles. The van der Waals surface area contributed by atoms with Crippen molar-refractivity contribution in [1.29, 1.82) is 0 Å². The molecule has 1 aliphatic carbocycles. The molecule has 31 heavy (non-hydrogen) atoms. The number of hydrogen-bond donors (Lipinski definition) is 2. The van der Waals surface area contributed by atoms with E-state index in [1.807, 2.05) is 24.3 Å². The van der Waals surface area contributed by atoms with Crippen LogP contribution in [0.5, 0.6) is 0 Å². The molecule has 156 valence electrons. The highest BCUT2D eigenvalue weighted by Gasteiger charge is 2.28. The van der Waals surface area contributed by atoms with Crippen LogP contribution in [0.25, 0.3) is 17.2 Å². The van der Waals surface area contributed by atoms with Crippen LogP contribution < -0.4 is 5.32 Å². The number of halogens is 1. The molecule has 0 atom stereocenters. The Bertz CT molecular complexity index is 1130. The molecule has 2 N–H and O–H groups in total. The summed E-state index contributed by atoms with van der Waals surface area (Å²) in [5.41, 5.74) is 5.62. The molecule has 0 radical (unpaired) electrons. The molecule has 5 nitrogen and oxygen atoms in total. The normalized spacial score (nSPS) is 12.4. The van der Waals surface area contributed by atoms with Crippen LogP contribution in [0.1, 0.15) is 33.0 Å². The predicted octanol–water partition coefficient (Wildman–Crippen LogP) is 5.70. The monoisotopic (exact) mass is 477 g/mol. The van der Waals surface area contributed by atoms with Crippen LogP contribution in [-0.2, 0) is 4.74 Å². The van der Waals surface area contributed by atoms with Crippen LogP contribution in [0.2, 0.25) is 0 Å². The SMILES string of the molecule is O=C(NCC=Cc1cc(Br)cc(C(=O)O)c1)OCC1c2ccccc2-c2ccccc21. The van der Waals surface area contributed by atoms with Crippen molar-refractivity contribution in [3.63, 3.8) is 0 Å². The zero-order valence-corrected chi connectivity index (χ0v) is 18.1. The van der Waals surface area contributed by atoms with E-state index in [2.05, 4.69) is 45.5 Å². The fourth-order valence-electron chi connectivity index (χ4n) is 3.82. The van der Waals surface area contributed by atoms with E-state index >= 15 is 0 Å². The van der Waals surface area contributed by atoms with Crippen LogP contribution >= 0.6 is 15.9 Å². The Kier molecular flexibility index (Phi) is 6.18. The van der Waals surface area contributed by atoms with Crippen LogP contribution in [0.4, 0.5) is 4.79 Å². The van der Waals surface area contributed by atoms with Crippen molar-refractivity contribution in [2.75, 3.05) is 13.2 Å². The van der Waals surface area contributed by atoms with Gasteiger partial charge in [-0.3, -0.25) is 0 Å². The van der Waals surface area contributed by atoms with E-state index in [1.54, 1.807) is 24.3 Å². The smallest absolute Gasteiger partial charge is 0.407 e. The number of carbonyl (C=O) groups excluding carboxylic acids is 1. The fourth-order valence-corrected chi connectivity index (χ4v) is 4.33. The third-order valence-corrected chi connectivity index (χ3v) is 5.64. The van der Waals surface area contributed by atoms with Crippen LogP contribution in [-0.4, -0.2) is 30.3 Å². The highest BCUT2D eigenvalue weighted by atomic mass is 79.9. The highest BCUT2D eigenvalue weighted by Crippen LogP contribution is 2.44. The predicted molar refractivity (Wildman–Crippen MR) is 123 cm³/mol. The lowest BCUT2D eigenvalue weighted by molar-refractivity contribution is 0.0696. The van der Waals surface area contributed by atoms with E-state index in [4.69, 9.17) is 9.84 Å². The quantitative estimate of drug-likeness (QED) is 0.477. The minimum absolute atomic E-state index is 0.0183. The zero-order valence-electron chi connectivity index (χ0n) is 16.5. The summed E-state index contributed by atoms with van der Waals surface area (Å²) in [5.74, 6) is -0.975. The molecule has 4 rings (SSSR count). The molecule has 0 aromatic heterocycles. The first-order valence-corrected chi connectivity index (χ1v) is 10.6. The molecule has 0 unspecified atom stereocenters. The first-order chi connectivity index (χ1) is 15.0. The number of carbonyl (C=O) groups is 2. The Hall–Kier alpha value is -3.38. The van der Waals surface area contributed by atoms with Crippen molar-refractivity contribution in [1.82, 2.24) is 5.32 Å². The van der Waals surface area contributed by atoms with Gasteiger partial charge in [-0.1, -0.05) is 76.6 Å². The molecule has 0 saturated carbocycles. The maximum absolute atomic E-state index is 12.2. The van der Waals surface area contributed by atoms with Gasteiger partial charge < -0.3 is 15.2 Å². The van der Waals surface area contributed by atoms with Gasteiger partial charge in [-0.15, -0.1) is 0 Å². The van der Waals surface area contributed by atoms with Crippen molar-refractivity contribution in [2.24, 2.45) is 0 Å². The summed E-state index contributed by atoms with van der Waals surface area (Å²) < 4.78 is 6.17. The number of hydrogen-bond acceptors (Lipinski definition) is 3. The molecule has 0 aliphatic heterocycles. The summed E-state index contributed by atoms with van der Waals surface area (Å²) >= 11 is 3.30. The van der Waals surface area contributed by atoms with Gasteiger partial charge in [0.1, 0.15) is 6.61 Å². The summed E-state index contributed by atoms with van der Waals surface area (Å²) in [7, 11) is 0. The molecule has 3 aromatic carbocycles. The van der Waals surface area contributed by atoms with Gasteiger partial charge in [0.15, 0.2) is 0 Å². The molecule has 1 aliphatic rings. The summed E-state index contributed by atoms with van der Waals surface area (Å²) in [5, 5.41) is 11.8. The van der Waals surface area contributed by atoms with E-state index in [-0.39, 0.29) is 24.6 Å². The van der Waals surface area contributed by atoms with Gasteiger partial charge in [0.25, 0.3) is 0 Å². The van der Waals surface area contributed by atoms with E-state index < -0.39 is 12.1 Å². The van der Waals surface area contributed by atoms with Crippen molar-refractivity contribution in [3.8, 4) is 11.1 Å². The lowest BCUT2D eigenvalue weighted by atomic mass is 9.98. The molecule has 0 bridgehead atoms. The van der Waals surface area contributed by atoms with E-state index in [0.717, 1.165) is 5.56 Å². The van der Waals surface area contributed by atoms with Gasteiger partial charge in [-0.25, -0.2) is 9.59 Å². The third kappa shape index (κ3) is 4.70. The number of nitrogens with one attached hydrogen (secondary N) is 1. The second kappa shape index (κ2) is 9.18. The van der Waals surface area contributed by atoms with Gasteiger partial charge >= 0.3 is 12.1 Å². The molecule has 0 saturated heterocycles. The van der Waals surface area contributed by atoms with Crippen molar-refractivity contribution >= 4 is 34.1 Å². The summed E-state index contributed by atoms with van der Waals surface area (Å²) in [6.45, 7) is 0.531. The Morgan fingerprint density at radius 1 is 1.00 bits per heavy atom. The standard InChI is InChI=1S/C25H20BrNO4/c26-18-13-16(12-17(14-18)24(28)29)6-5-11-27-25(30)31-15-23-21-9-3-1-7-19(21)20-8-2-4-10-22(20)23/h1-10,12-14,23H,11,15H2,(H,27,30)(H,28,29). The van der Waals surface area contributed by atoms with Crippen LogP contribution in [0.15, 0.2) is 77.3 Å². The average Bonchev–Trinajstić information content (AvgIpc) is 3.09. The van der Waals surface area contributed by atoms with Gasteiger partial charge in [0.05, 0.1) is 5.56 Å². The molecular weight excluding hydrogens is 458 g/mol. The Balaban J connectivity index is 1.33. The summed E-state index contributed by atoms with van der Waals surface area (Å²) in [4.78, 5) is 23.3. The number of benzene rings is 3. The number of carboxylic acid groups (broad SMARTS) is 1. The molecule has 0 spiro atoms. The number of rotatable bonds is 6. The molecule has 0 fully saturated rings. The summed E-state index contributed by atoms with van der Waals surface area (Å²) in [6.07, 6.45) is 3.00. The second-order valence-corrected chi connectivity index (χ2v) is 8.10. The highest BCUT2D eigenvalue weighted by molar-refractivity contribution is 9.10. The van der Waals surface area contributed by atoms with E-state index in [1.165, 1.54) is 28.3 Å². The molecule has 3 aromatic rings. The number of amides is 1. The van der Waals surface area contributed by atoms with Crippen molar-refractivity contribution in [3.05, 3.63) is 99.5 Å². The van der Waals surface area contributed by atoms with Crippen LogP contribution in [0, 0.1) is 0 Å². The first-order valence-electron chi connectivity index (χ1n) is 9.82. The third-order valence-electron chi connectivity index (χ3n) is 5.19. The van der Waals surface area contributed by atoms with E-state index in [9.17, 15) is 9.59 Å². The number of ether oxygens (including phenoxy) is 1. The van der Waals surface area contributed by atoms with Crippen molar-refractivity contribution in [2.45, 2.75) is 5.92 Å².